The number of aromatic hydroxyl groups is 1. The van der Waals surface area contributed by atoms with Crippen LogP contribution in [0.1, 0.15) is 10.4 Å². The van der Waals surface area contributed by atoms with E-state index in [4.69, 9.17) is 0 Å². The lowest BCUT2D eigenvalue weighted by atomic mass is 10.0. The first-order valence-electron chi connectivity index (χ1n) is 9.89. The Kier molecular flexibility index (Phi) is 6.48. The van der Waals surface area contributed by atoms with Gasteiger partial charge < -0.3 is 10.4 Å². The first-order chi connectivity index (χ1) is 15.9. The van der Waals surface area contributed by atoms with E-state index < -0.39 is 23.0 Å². The number of hydrogen-bond donors (Lipinski definition) is 3. The number of hydrogen-bond acceptors (Lipinski definition) is 3. The van der Waals surface area contributed by atoms with Crippen LogP contribution in [0.4, 0.5) is 21.5 Å². The van der Waals surface area contributed by atoms with Crippen molar-refractivity contribution in [1.82, 2.24) is 0 Å². The number of benzene rings is 4. The molecular formula is C25H19FN2O4S. The van der Waals surface area contributed by atoms with Crippen molar-refractivity contribution in [1.29, 1.82) is 0 Å². The molecule has 4 aromatic rings. The molecule has 33 heavy (non-hydrogen) atoms. The average Bonchev–Trinajstić information content (AvgIpc) is 2.82. The van der Waals surface area contributed by atoms with Crippen LogP contribution in [0.3, 0.4) is 0 Å². The molecule has 6 nitrogen and oxygen atoms in total. The topological polar surface area (TPSA) is 89.9 Å². The van der Waals surface area contributed by atoms with Gasteiger partial charge in [-0.15, -0.1) is 0 Å². The van der Waals surface area contributed by atoms with Crippen molar-refractivity contribution in [3.8, 4) is 16.9 Å². The lowest BCUT2D eigenvalue weighted by molar-refractivity contribution is 0.102. The number of phenolic OH excluding ortho intramolecular Hbond substituents is 1. The Morgan fingerprint density at radius 2 is 1.55 bits per heavy atom. The van der Waals surface area contributed by atoms with E-state index in [-0.39, 0.29) is 22.8 Å². The number of halogens is 1. The molecule has 0 heterocycles. The van der Waals surface area contributed by atoms with Gasteiger partial charge in [0.2, 0.25) is 0 Å². The van der Waals surface area contributed by atoms with Crippen molar-refractivity contribution in [2.45, 2.75) is 0 Å². The number of phenols is 1. The minimum absolute atomic E-state index is 0.0612. The fraction of sp³-hybridized carbons (Fsp3) is 0. The first-order valence-corrected chi connectivity index (χ1v) is 11.0. The second kappa shape index (κ2) is 9.64. The number of nitrogens with one attached hydrogen (secondary N) is 1. The second-order valence-corrected chi connectivity index (χ2v) is 7.93. The summed E-state index contributed by atoms with van der Waals surface area (Å²) in [6.45, 7) is 0. The quantitative estimate of drug-likeness (QED) is 0.252. The van der Waals surface area contributed by atoms with E-state index in [9.17, 15) is 23.1 Å². The predicted molar refractivity (Wildman–Crippen MR) is 127 cm³/mol. The maximum atomic E-state index is 13.7. The van der Waals surface area contributed by atoms with Gasteiger partial charge in [-0.25, -0.2) is 12.9 Å². The molecule has 0 aliphatic carbocycles. The van der Waals surface area contributed by atoms with Gasteiger partial charge in [-0.05, 0) is 59.7 Å². The van der Waals surface area contributed by atoms with Crippen LogP contribution < -0.4 is 9.62 Å². The van der Waals surface area contributed by atoms with Gasteiger partial charge in [0, 0.05) is 11.3 Å². The van der Waals surface area contributed by atoms with Crippen LogP contribution in [0.25, 0.3) is 11.1 Å². The monoisotopic (exact) mass is 462 g/mol. The molecule has 166 valence electrons. The number of anilines is 3. The average molecular weight is 463 g/mol. The summed E-state index contributed by atoms with van der Waals surface area (Å²) in [5.41, 5.74) is 2.69. The molecule has 1 unspecified atom stereocenters. The molecule has 4 aromatic carbocycles. The highest BCUT2D eigenvalue weighted by atomic mass is 32.2. The summed E-state index contributed by atoms with van der Waals surface area (Å²) in [7, 11) is 0. The zero-order valence-electron chi connectivity index (χ0n) is 17.2. The molecule has 0 aliphatic heterocycles. The lowest BCUT2D eigenvalue weighted by Gasteiger charge is -2.22. The molecule has 0 bridgehead atoms. The summed E-state index contributed by atoms with van der Waals surface area (Å²) in [5, 5.41) is 13.0. The minimum Gasteiger partial charge on any atom is -0.506 e. The van der Waals surface area contributed by atoms with E-state index in [1.807, 2.05) is 42.5 Å². The van der Waals surface area contributed by atoms with E-state index in [0.29, 0.717) is 5.56 Å². The van der Waals surface area contributed by atoms with Gasteiger partial charge in [-0.3, -0.25) is 9.35 Å². The number of amides is 1. The third-order valence-electron chi connectivity index (χ3n) is 4.91. The zero-order valence-corrected chi connectivity index (χ0v) is 18.0. The van der Waals surface area contributed by atoms with Crippen LogP contribution in [0.15, 0.2) is 97.1 Å². The molecule has 0 aliphatic rings. The maximum Gasteiger partial charge on any atom is 0.266 e. The van der Waals surface area contributed by atoms with Gasteiger partial charge in [0.05, 0.1) is 5.69 Å². The Balaban J connectivity index is 1.58. The van der Waals surface area contributed by atoms with Crippen molar-refractivity contribution >= 4 is 34.2 Å². The fourth-order valence-corrected chi connectivity index (χ4v) is 3.94. The Hall–Kier alpha value is -4.01. The van der Waals surface area contributed by atoms with Gasteiger partial charge in [0.15, 0.2) is 0 Å². The molecule has 0 saturated heterocycles. The molecular weight excluding hydrogens is 443 g/mol. The van der Waals surface area contributed by atoms with Crippen LogP contribution in [-0.2, 0) is 11.3 Å². The third kappa shape index (κ3) is 5.08. The third-order valence-corrected chi connectivity index (χ3v) is 5.63. The van der Waals surface area contributed by atoms with Crippen LogP contribution in [-0.4, -0.2) is 19.8 Å². The number of carbonyl (C=O) groups is 1. The molecule has 8 heteroatoms. The fourth-order valence-electron chi connectivity index (χ4n) is 3.33. The summed E-state index contributed by atoms with van der Waals surface area (Å²) in [6, 6.07) is 26.0. The minimum atomic E-state index is -2.61. The van der Waals surface area contributed by atoms with Crippen molar-refractivity contribution < 1.29 is 23.1 Å². The molecule has 3 N–H and O–H groups in total. The van der Waals surface area contributed by atoms with E-state index in [2.05, 4.69) is 5.32 Å². The highest BCUT2D eigenvalue weighted by Gasteiger charge is 2.20. The molecule has 0 radical (unpaired) electrons. The van der Waals surface area contributed by atoms with Crippen LogP contribution in [0.2, 0.25) is 0 Å². The molecule has 0 fully saturated rings. The van der Waals surface area contributed by atoms with Crippen LogP contribution >= 0.6 is 0 Å². The van der Waals surface area contributed by atoms with Gasteiger partial charge in [0.1, 0.15) is 17.3 Å². The summed E-state index contributed by atoms with van der Waals surface area (Å²) in [6.07, 6.45) is 0. The summed E-state index contributed by atoms with van der Waals surface area (Å²) in [5.74, 6) is -1.31. The predicted octanol–water partition coefficient (Wildman–Crippen LogP) is 5.73. The van der Waals surface area contributed by atoms with Gasteiger partial charge in [-0.2, -0.15) is 0 Å². The smallest absolute Gasteiger partial charge is 0.266 e. The van der Waals surface area contributed by atoms with E-state index in [1.165, 1.54) is 36.4 Å². The molecule has 1 amide bonds. The van der Waals surface area contributed by atoms with Crippen LogP contribution in [0, 0.1) is 5.82 Å². The Bertz CT molecular complexity index is 1310. The van der Waals surface area contributed by atoms with Crippen LogP contribution in [0.5, 0.6) is 5.75 Å². The number of carbonyl (C=O) groups excluding carboxylic acids is 1. The van der Waals surface area contributed by atoms with E-state index in [0.717, 1.165) is 21.5 Å². The van der Waals surface area contributed by atoms with Crippen molar-refractivity contribution in [2.75, 3.05) is 9.62 Å². The van der Waals surface area contributed by atoms with Gasteiger partial charge in [-0.1, -0.05) is 48.5 Å². The van der Waals surface area contributed by atoms with Crippen molar-refractivity contribution in [3.05, 3.63) is 108 Å². The van der Waals surface area contributed by atoms with E-state index >= 15 is 0 Å². The molecule has 1 atom stereocenters. The standard InChI is InChI=1S/C25H19FN2O4S/c26-20-7-4-8-22(15-20)28(33(31)32)23-16-21(13-14-24(23)29)27-25(30)19-11-9-18(10-12-19)17-5-2-1-3-6-17/h1-16,29H,(H,27,30)(H,31,32). The van der Waals surface area contributed by atoms with Crippen molar-refractivity contribution in [3.63, 3.8) is 0 Å². The summed E-state index contributed by atoms with van der Waals surface area (Å²) in [4.78, 5) is 12.7. The van der Waals surface area contributed by atoms with Crippen molar-refractivity contribution in [2.24, 2.45) is 0 Å². The lowest BCUT2D eigenvalue weighted by Crippen LogP contribution is -2.20. The summed E-state index contributed by atoms with van der Waals surface area (Å²) < 4.78 is 36.3. The molecule has 0 aromatic heterocycles. The van der Waals surface area contributed by atoms with Gasteiger partial charge >= 0.3 is 0 Å². The Labute approximate surface area is 192 Å². The SMILES string of the molecule is O=C(Nc1ccc(O)c(N(c2cccc(F)c2)S(=O)O)c1)c1ccc(-c2ccccc2)cc1. The molecule has 4 rings (SSSR count). The molecule has 0 spiro atoms. The molecule has 0 saturated carbocycles. The largest absolute Gasteiger partial charge is 0.506 e. The first kappa shape index (κ1) is 22.2. The Morgan fingerprint density at radius 3 is 2.21 bits per heavy atom. The maximum absolute atomic E-state index is 13.7. The number of nitrogens with zero attached hydrogens (tertiary/aromatic N) is 1. The second-order valence-electron chi connectivity index (χ2n) is 7.11. The summed E-state index contributed by atoms with van der Waals surface area (Å²) >= 11 is -2.61. The normalized spacial score (nSPS) is 11.6. The number of rotatable bonds is 6. The van der Waals surface area contributed by atoms with E-state index in [1.54, 1.807) is 12.1 Å². The zero-order chi connectivity index (χ0) is 23.4. The highest BCUT2D eigenvalue weighted by Crippen LogP contribution is 2.36. The Morgan fingerprint density at radius 1 is 0.848 bits per heavy atom. The van der Waals surface area contributed by atoms with Gasteiger partial charge in [0.25, 0.3) is 17.2 Å². The highest BCUT2D eigenvalue weighted by molar-refractivity contribution is 7.81.